The van der Waals surface area contributed by atoms with Gasteiger partial charge >= 0.3 is 13.6 Å². The van der Waals surface area contributed by atoms with E-state index in [9.17, 15) is 9.90 Å². The summed E-state index contributed by atoms with van der Waals surface area (Å²) in [7, 11) is 1.68. The van der Waals surface area contributed by atoms with E-state index in [0.29, 0.717) is 13.1 Å². The quantitative estimate of drug-likeness (QED) is 0.763. The maximum absolute atomic E-state index is 12.2. The molecule has 1 radical (unpaired) electrons. The van der Waals surface area contributed by atoms with Gasteiger partial charge in [0.1, 0.15) is 5.60 Å². The molecule has 0 unspecified atom stereocenters. The van der Waals surface area contributed by atoms with Crippen LogP contribution >= 0.6 is 0 Å². The summed E-state index contributed by atoms with van der Waals surface area (Å²) in [6, 6.07) is 8.09. The molecule has 1 N–H and O–H groups in total. The van der Waals surface area contributed by atoms with E-state index in [0.717, 1.165) is 24.2 Å². The van der Waals surface area contributed by atoms with Gasteiger partial charge in [-0.1, -0.05) is 25.0 Å². The normalized spacial score (nSPS) is 15.6. The van der Waals surface area contributed by atoms with Crippen molar-refractivity contribution in [3.8, 4) is 0 Å². The van der Waals surface area contributed by atoms with Crippen LogP contribution in [-0.4, -0.2) is 66.6 Å². The smallest absolute Gasteiger partial charge is 0.410 e. The van der Waals surface area contributed by atoms with Crippen molar-refractivity contribution in [2.45, 2.75) is 72.7 Å². The van der Waals surface area contributed by atoms with Gasteiger partial charge in [-0.25, -0.2) is 4.79 Å². The Labute approximate surface area is 177 Å². The van der Waals surface area contributed by atoms with Crippen molar-refractivity contribution in [3.63, 3.8) is 0 Å². The molecule has 1 aliphatic heterocycles. The molecule has 1 fully saturated rings. The van der Waals surface area contributed by atoms with Gasteiger partial charge in [0.15, 0.2) is 0 Å². The summed E-state index contributed by atoms with van der Waals surface area (Å²) in [5.41, 5.74) is -0.0558. The van der Waals surface area contributed by atoms with Gasteiger partial charge in [0.25, 0.3) is 0 Å². The highest BCUT2D eigenvalue weighted by Gasteiger charge is 2.35. The number of anilines is 1. The number of amides is 1. The number of hydrogen-bond acceptors (Lipinski definition) is 5. The molecule has 1 heterocycles. The lowest BCUT2D eigenvalue weighted by atomic mass is 9.82. The Morgan fingerprint density at radius 1 is 0.966 bits per heavy atom. The molecule has 0 aliphatic carbocycles. The van der Waals surface area contributed by atoms with Crippen LogP contribution in [-0.2, 0) is 9.39 Å². The fraction of sp³-hybridized carbons (Fsp3) is 0.682. The second-order valence-electron chi connectivity index (χ2n) is 9.35. The molecule has 0 spiro atoms. The minimum atomic E-state index is -0.947. The summed E-state index contributed by atoms with van der Waals surface area (Å²) >= 11 is 0. The third-order valence-corrected chi connectivity index (χ3v) is 5.15. The van der Waals surface area contributed by atoms with Crippen LogP contribution in [0.1, 0.15) is 55.9 Å². The number of ether oxygens (including phenoxy) is 1. The van der Waals surface area contributed by atoms with Gasteiger partial charge in [0.2, 0.25) is 0 Å². The van der Waals surface area contributed by atoms with Crippen LogP contribution in [0.3, 0.4) is 0 Å². The largest absolute Gasteiger partial charge is 0.444 e. The molecule has 1 aromatic rings. The second-order valence-corrected chi connectivity index (χ2v) is 9.35. The van der Waals surface area contributed by atoms with E-state index in [1.807, 2.05) is 46.8 Å². The van der Waals surface area contributed by atoms with E-state index in [1.54, 1.807) is 26.2 Å². The van der Waals surface area contributed by atoms with Gasteiger partial charge in [-0.3, -0.25) is 0 Å². The van der Waals surface area contributed by atoms with E-state index in [4.69, 9.17) is 9.39 Å². The summed E-state index contributed by atoms with van der Waals surface area (Å²) in [5, 5.41) is 10.2. The van der Waals surface area contributed by atoms with E-state index in [-0.39, 0.29) is 13.5 Å². The Bertz CT molecular complexity index is 655. The Balaban J connectivity index is 0.00000420. The molecular formula is C22H38BN2O4. The van der Waals surface area contributed by atoms with Crippen LogP contribution in [0.25, 0.3) is 0 Å². The maximum Gasteiger partial charge on any atom is 0.410 e. The highest BCUT2D eigenvalue weighted by atomic mass is 16.6. The van der Waals surface area contributed by atoms with Crippen molar-refractivity contribution >= 4 is 24.7 Å². The van der Waals surface area contributed by atoms with E-state index in [2.05, 4.69) is 17.0 Å². The Kier molecular flexibility index (Phi) is 8.20. The van der Waals surface area contributed by atoms with Gasteiger partial charge in [-0.15, -0.1) is 0 Å². The average Bonchev–Trinajstić information content (AvgIpc) is 2.58. The van der Waals surface area contributed by atoms with Crippen LogP contribution < -0.4 is 10.4 Å². The molecule has 0 saturated carbocycles. The van der Waals surface area contributed by atoms with Gasteiger partial charge < -0.3 is 24.3 Å². The van der Waals surface area contributed by atoms with Crippen molar-refractivity contribution in [1.82, 2.24) is 4.90 Å². The number of carbonyl (C=O) groups excluding carboxylic acids is 1. The standard InChI is InChI=1S/C21H34BN2O4.CH4/c1-19(2,3)27-18(25)24-14-12-23(13-15-24)17-10-8-16(9-11-17)22-28-21(6,7)20(4,5)26;/h8-11,26H,12-15H2,1-7H3;1H4. The number of benzene rings is 1. The maximum atomic E-state index is 12.2. The molecule has 29 heavy (non-hydrogen) atoms. The van der Waals surface area contributed by atoms with E-state index in [1.165, 1.54) is 0 Å². The lowest BCUT2D eigenvalue weighted by Crippen LogP contribution is -2.50. The molecule has 1 saturated heterocycles. The predicted molar refractivity (Wildman–Crippen MR) is 120 cm³/mol. The first-order chi connectivity index (χ1) is 12.8. The van der Waals surface area contributed by atoms with E-state index < -0.39 is 16.8 Å². The summed E-state index contributed by atoms with van der Waals surface area (Å²) in [4.78, 5) is 16.2. The van der Waals surface area contributed by atoms with Crippen LogP contribution in [0.4, 0.5) is 10.5 Å². The van der Waals surface area contributed by atoms with Crippen LogP contribution in [0.15, 0.2) is 24.3 Å². The fourth-order valence-corrected chi connectivity index (χ4v) is 2.60. The highest BCUT2D eigenvalue weighted by Crippen LogP contribution is 2.24. The van der Waals surface area contributed by atoms with Gasteiger partial charge in [-0.05, 0) is 60.6 Å². The molecule has 0 bridgehead atoms. The average molecular weight is 405 g/mol. The predicted octanol–water partition coefficient (Wildman–Crippen LogP) is 3.19. The Hall–Kier alpha value is -1.73. The lowest BCUT2D eigenvalue weighted by molar-refractivity contribution is -0.0893. The third-order valence-electron chi connectivity index (χ3n) is 5.15. The van der Waals surface area contributed by atoms with Crippen LogP contribution in [0.5, 0.6) is 0 Å². The molecule has 1 aliphatic rings. The minimum absolute atomic E-state index is 0. The molecule has 1 aromatic carbocycles. The highest BCUT2D eigenvalue weighted by molar-refractivity contribution is 6.47. The molecule has 6 nitrogen and oxygen atoms in total. The number of aliphatic hydroxyl groups is 1. The van der Waals surface area contributed by atoms with Gasteiger partial charge in [0.05, 0.1) is 11.2 Å². The summed E-state index contributed by atoms with van der Waals surface area (Å²) in [5.74, 6) is 0. The van der Waals surface area contributed by atoms with Crippen molar-refractivity contribution in [1.29, 1.82) is 0 Å². The molecule has 1 amide bonds. The number of carbonyl (C=O) groups is 1. The molecule has 0 aromatic heterocycles. The van der Waals surface area contributed by atoms with Crippen LogP contribution in [0, 0.1) is 0 Å². The Morgan fingerprint density at radius 2 is 1.48 bits per heavy atom. The molecule has 7 heteroatoms. The third kappa shape index (κ3) is 7.23. The second kappa shape index (κ2) is 9.39. The first kappa shape index (κ1) is 25.3. The van der Waals surface area contributed by atoms with Crippen molar-refractivity contribution < 1.29 is 19.3 Å². The van der Waals surface area contributed by atoms with Crippen molar-refractivity contribution in [3.05, 3.63) is 24.3 Å². The monoisotopic (exact) mass is 405 g/mol. The fourth-order valence-electron chi connectivity index (χ4n) is 2.60. The summed E-state index contributed by atoms with van der Waals surface area (Å²) in [6.45, 7) is 15.7. The zero-order chi connectivity index (χ0) is 21.2. The number of nitrogens with zero attached hydrogens (tertiary/aromatic N) is 2. The van der Waals surface area contributed by atoms with Crippen molar-refractivity contribution in [2.75, 3.05) is 31.1 Å². The number of piperazine rings is 1. The lowest BCUT2D eigenvalue weighted by Gasteiger charge is -2.37. The van der Waals surface area contributed by atoms with Crippen molar-refractivity contribution in [2.24, 2.45) is 0 Å². The minimum Gasteiger partial charge on any atom is -0.444 e. The SMILES string of the molecule is C.CC(C)(C)OC(=O)N1CCN(c2ccc([B]OC(C)(C)C(C)(C)O)cc2)CC1. The zero-order valence-corrected chi connectivity index (χ0v) is 18.3. The zero-order valence-electron chi connectivity index (χ0n) is 18.3. The molecule has 0 atom stereocenters. The molecular weight excluding hydrogens is 367 g/mol. The topological polar surface area (TPSA) is 62.2 Å². The van der Waals surface area contributed by atoms with Gasteiger partial charge in [-0.2, -0.15) is 0 Å². The first-order valence-electron chi connectivity index (χ1n) is 9.85. The molecule has 2 rings (SSSR count). The number of rotatable bonds is 5. The number of hydrogen-bond donors (Lipinski definition) is 1. The molecule has 163 valence electrons. The first-order valence-corrected chi connectivity index (χ1v) is 9.85. The van der Waals surface area contributed by atoms with Crippen LogP contribution in [0.2, 0.25) is 0 Å². The van der Waals surface area contributed by atoms with Gasteiger partial charge in [0, 0.05) is 31.9 Å². The summed E-state index contributed by atoms with van der Waals surface area (Å²) < 4.78 is 11.2. The van der Waals surface area contributed by atoms with E-state index >= 15 is 0 Å². The summed E-state index contributed by atoms with van der Waals surface area (Å²) in [6.07, 6.45) is -0.247. The Morgan fingerprint density at radius 3 is 1.93 bits per heavy atom.